The zero-order valence-corrected chi connectivity index (χ0v) is 18.6. The van der Waals surface area contributed by atoms with Crippen molar-refractivity contribution in [2.24, 2.45) is 16.1 Å². The number of phenolic OH excluding ortho intramolecular Hbond substituents is 1. The van der Waals surface area contributed by atoms with Gasteiger partial charge in [-0.25, -0.2) is 0 Å². The van der Waals surface area contributed by atoms with Crippen LogP contribution in [0, 0.1) is 5.92 Å². The molecular formula is C24H32N6O. The lowest BCUT2D eigenvalue weighted by atomic mass is 9.96. The molecule has 31 heavy (non-hydrogen) atoms. The summed E-state index contributed by atoms with van der Waals surface area (Å²) in [6, 6.07) is 6.11. The van der Waals surface area contributed by atoms with Crippen LogP contribution in [0.2, 0.25) is 0 Å². The minimum Gasteiger partial charge on any atom is -0.507 e. The van der Waals surface area contributed by atoms with Crippen LogP contribution in [0.25, 0.3) is 11.1 Å². The Bertz CT molecular complexity index is 992. The number of allylic oxidation sites excluding steroid dienone is 1. The molecule has 7 heteroatoms. The first kappa shape index (κ1) is 21.3. The summed E-state index contributed by atoms with van der Waals surface area (Å²) < 4.78 is 0. The lowest BCUT2D eigenvalue weighted by Crippen LogP contribution is -2.54. The van der Waals surface area contributed by atoms with Gasteiger partial charge in [-0.2, -0.15) is 5.10 Å². The van der Waals surface area contributed by atoms with Crippen LogP contribution in [0.15, 0.2) is 52.4 Å². The van der Waals surface area contributed by atoms with E-state index in [9.17, 15) is 5.11 Å². The van der Waals surface area contributed by atoms with Gasteiger partial charge in [0, 0.05) is 49.4 Å². The van der Waals surface area contributed by atoms with Crippen molar-refractivity contribution in [2.75, 3.05) is 19.6 Å². The van der Waals surface area contributed by atoms with E-state index in [1.165, 1.54) is 5.57 Å². The summed E-state index contributed by atoms with van der Waals surface area (Å²) in [4.78, 5) is 2.38. The Morgan fingerprint density at radius 1 is 1.23 bits per heavy atom. The highest BCUT2D eigenvalue weighted by Gasteiger charge is 2.26. The smallest absolute Gasteiger partial charge is 0.131 e. The van der Waals surface area contributed by atoms with E-state index in [0.29, 0.717) is 23.2 Å². The Morgan fingerprint density at radius 3 is 2.81 bits per heavy atom. The fourth-order valence-electron chi connectivity index (χ4n) is 4.17. The van der Waals surface area contributed by atoms with Gasteiger partial charge in [-0.1, -0.05) is 38.8 Å². The van der Waals surface area contributed by atoms with Gasteiger partial charge >= 0.3 is 0 Å². The number of rotatable bonds is 5. The molecule has 0 spiro atoms. The first-order valence-corrected chi connectivity index (χ1v) is 11.2. The molecule has 2 aromatic rings. The van der Waals surface area contributed by atoms with Gasteiger partial charge in [0.15, 0.2) is 0 Å². The summed E-state index contributed by atoms with van der Waals surface area (Å²) >= 11 is 0. The molecule has 1 saturated heterocycles. The molecule has 2 unspecified atom stereocenters. The molecule has 0 aliphatic carbocycles. The van der Waals surface area contributed by atoms with Gasteiger partial charge < -0.3 is 15.3 Å². The quantitative estimate of drug-likeness (QED) is 0.683. The molecule has 164 valence electrons. The number of H-pyrrole nitrogens is 1. The maximum absolute atomic E-state index is 10.7. The molecule has 2 atom stereocenters. The van der Waals surface area contributed by atoms with Crippen molar-refractivity contribution >= 4 is 11.5 Å². The van der Waals surface area contributed by atoms with Crippen molar-refractivity contribution in [3.8, 4) is 16.9 Å². The molecule has 1 aromatic carbocycles. The standard InChI is InChI=1S/C24H32N6O/c1-4-16(3)22-15-30(9-8-25-22)24-11-17(5-2)10-21(28-29-24)20-7-6-18(12-23(20)31)19-13-26-27-14-19/h6-7,10,12-14,16,22,25,31H,4-5,8-9,11,15H2,1-3H3,(H,26,27). The minimum atomic E-state index is 0.196. The number of hydrogen-bond acceptors (Lipinski definition) is 6. The molecular weight excluding hydrogens is 388 g/mol. The summed E-state index contributed by atoms with van der Waals surface area (Å²) in [5.74, 6) is 1.84. The number of nitrogens with one attached hydrogen (secondary N) is 2. The van der Waals surface area contributed by atoms with Crippen molar-refractivity contribution in [3.05, 3.63) is 47.8 Å². The van der Waals surface area contributed by atoms with Crippen LogP contribution < -0.4 is 5.32 Å². The second kappa shape index (κ2) is 9.47. The molecule has 3 heterocycles. The molecule has 4 rings (SSSR count). The van der Waals surface area contributed by atoms with Gasteiger partial charge in [0.05, 0.1) is 11.9 Å². The SMILES string of the molecule is CCC1=CC(c2ccc(-c3cn[nH]c3)cc2O)=NN=C(N2CCNC(C(C)CC)C2)C1. The Labute approximate surface area is 184 Å². The predicted molar refractivity (Wildman–Crippen MR) is 125 cm³/mol. The highest BCUT2D eigenvalue weighted by Crippen LogP contribution is 2.28. The summed E-state index contributed by atoms with van der Waals surface area (Å²) in [6.07, 6.45) is 8.51. The van der Waals surface area contributed by atoms with Gasteiger partial charge in [0.1, 0.15) is 11.6 Å². The minimum absolute atomic E-state index is 0.196. The van der Waals surface area contributed by atoms with Crippen LogP contribution in [-0.4, -0.2) is 57.4 Å². The third kappa shape index (κ3) is 4.71. The predicted octanol–water partition coefficient (Wildman–Crippen LogP) is 3.94. The maximum Gasteiger partial charge on any atom is 0.131 e. The Hall–Kier alpha value is -2.93. The van der Waals surface area contributed by atoms with Crippen LogP contribution in [0.4, 0.5) is 0 Å². The zero-order valence-electron chi connectivity index (χ0n) is 18.6. The average molecular weight is 421 g/mol. The van der Waals surface area contributed by atoms with E-state index < -0.39 is 0 Å². The van der Waals surface area contributed by atoms with Gasteiger partial charge in [-0.15, -0.1) is 10.2 Å². The van der Waals surface area contributed by atoms with Crippen LogP contribution in [0.3, 0.4) is 0 Å². The first-order chi connectivity index (χ1) is 15.1. The van der Waals surface area contributed by atoms with E-state index >= 15 is 0 Å². The summed E-state index contributed by atoms with van der Waals surface area (Å²) in [6.45, 7) is 9.57. The number of phenols is 1. The number of nitrogens with zero attached hydrogens (tertiary/aromatic N) is 4. The number of aromatic hydroxyl groups is 1. The number of aromatic amines is 1. The monoisotopic (exact) mass is 420 g/mol. The Balaban J connectivity index is 1.61. The van der Waals surface area contributed by atoms with Crippen molar-refractivity contribution in [2.45, 2.75) is 46.1 Å². The molecule has 2 aliphatic heterocycles. The highest BCUT2D eigenvalue weighted by atomic mass is 16.3. The van der Waals surface area contributed by atoms with E-state index in [0.717, 1.165) is 55.9 Å². The molecule has 2 aliphatic rings. The third-order valence-electron chi connectivity index (χ3n) is 6.46. The van der Waals surface area contributed by atoms with Gasteiger partial charge in [-0.3, -0.25) is 5.10 Å². The number of piperazine rings is 1. The van der Waals surface area contributed by atoms with Crippen LogP contribution >= 0.6 is 0 Å². The zero-order chi connectivity index (χ0) is 21.8. The number of amidine groups is 1. The molecule has 0 radical (unpaired) electrons. The third-order valence-corrected chi connectivity index (χ3v) is 6.46. The molecule has 1 fully saturated rings. The second-order valence-corrected chi connectivity index (χ2v) is 8.45. The van der Waals surface area contributed by atoms with E-state index in [4.69, 9.17) is 0 Å². The van der Waals surface area contributed by atoms with Crippen molar-refractivity contribution in [3.63, 3.8) is 0 Å². The van der Waals surface area contributed by atoms with Gasteiger partial charge in [0.25, 0.3) is 0 Å². The van der Waals surface area contributed by atoms with E-state index in [1.807, 2.05) is 18.3 Å². The van der Waals surface area contributed by atoms with E-state index in [2.05, 4.69) is 57.5 Å². The van der Waals surface area contributed by atoms with Gasteiger partial charge in [-0.05, 0) is 36.1 Å². The van der Waals surface area contributed by atoms with Crippen molar-refractivity contribution < 1.29 is 5.11 Å². The van der Waals surface area contributed by atoms with E-state index in [1.54, 1.807) is 12.3 Å². The topological polar surface area (TPSA) is 88.9 Å². The second-order valence-electron chi connectivity index (χ2n) is 8.45. The fraction of sp³-hybridized carbons (Fsp3) is 0.458. The Kier molecular flexibility index (Phi) is 6.51. The molecule has 3 N–H and O–H groups in total. The molecule has 0 saturated carbocycles. The lowest BCUT2D eigenvalue weighted by Gasteiger charge is -2.38. The summed E-state index contributed by atoms with van der Waals surface area (Å²) in [7, 11) is 0. The molecule has 0 bridgehead atoms. The highest BCUT2D eigenvalue weighted by molar-refractivity contribution is 6.12. The Morgan fingerprint density at radius 2 is 2.10 bits per heavy atom. The molecule has 1 aromatic heterocycles. The summed E-state index contributed by atoms with van der Waals surface area (Å²) in [5.41, 5.74) is 4.51. The average Bonchev–Trinajstić information content (AvgIpc) is 3.25. The molecule has 7 nitrogen and oxygen atoms in total. The largest absolute Gasteiger partial charge is 0.507 e. The number of benzene rings is 1. The number of hydrogen-bond donors (Lipinski definition) is 3. The van der Waals surface area contributed by atoms with Crippen LogP contribution in [0.1, 0.15) is 45.6 Å². The normalized spacial score (nSPS) is 20.5. The molecule has 0 amide bonds. The van der Waals surface area contributed by atoms with Crippen LogP contribution in [-0.2, 0) is 0 Å². The van der Waals surface area contributed by atoms with Crippen molar-refractivity contribution in [1.82, 2.24) is 20.4 Å². The summed E-state index contributed by atoms with van der Waals surface area (Å²) in [5, 5.41) is 30.4. The lowest BCUT2D eigenvalue weighted by molar-refractivity contribution is 0.234. The first-order valence-electron chi connectivity index (χ1n) is 11.2. The van der Waals surface area contributed by atoms with Crippen LogP contribution in [0.5, 0.6) is 5.75 Å². The van der Waals surface area contributed by atoms with Gasteiger partial charge in [0.2, 0.25) is 0 Å². The number of aromatic nitrogens is 2. The fourth-order valence-corrected chi connectivity index (χ4v) is 4.17. The maximum atomic E-state index is 10.7. The van der Waals surface area contributed by atoms with E-state index in [-0.39, 0.29) is 5.75 Å². The van der Waals surface area contributed by atoms with Crippen molar-refractivity contribution in [1.29, 1.82) is 0 Å².